The maximum atomic E-state index is 11.5. The van der Waals surface area contributed by atoms with Gasteiger partial charge in [0.1, 0.15) is 0 Å². The predicted molar refractivity (Wildman–Crippen MR) is 61.6 cm³/mol. The Morgan fingerprint density at radius 2 is 1.94 bits per heavy atom. The maximum Gasteiger partial charge on any atom is 0.231 e. The Morgan fingerprint density at radius 3 is 2.38 bits per heavy atom. The van der Waals surface area contributed by atoms with Gasteiger partial charge in [-0.2, -0.15) is 0 Å². The molecule has 5 heteroatoms. The van der Waals surface area contributed by atoms with Crippen LogP contribution >= 0.6 is 0 Å². The van der Waals surface area contributed by atoms with Gasteiger partial charge in [-0.1, -0.05) is 13.8 Å². The van der Waals surface area contributed by atoms with Crippen LogP contribution in [0.25, 0.3) is 0 Å². The summed E-state index contributed by atoms with van der Waals surface area (Å²) < 4.78 is 0. The Balaban J connectivity index is 2.27. The van der Waals surface area contributed by atoms with Crippen LogP contribution in [-0.4, -0.2) is 42.4 Å². The highest BCUT2D eigenvalue weighted by Crippen LogP contribution is 2.10. The lowest BCUT2D eigenvalue weighted by Gasteiger charge is -2.31. The molecule has 2 amide bonds. The molecule has 0 saturated carbocycles. The summed E-state index contributed by atoms with van der Waals surface area (Å²) in [6.07, 6.45) is 1.79. The van der Waals surface area contributed by atoms with Gasteiger partial charge >= 0.3 is 0 Å². The Kier molecular flexibility index (Phi) is 4.73. The van der Waals surface area contributed by atoms with Crippen LogP contribution in [0.3, 0.4) is 0 Å². The second-order valence-corrected chi connectivity index (χ2v) is 4.68. The first-order valence-corrected chi connectivity index (χ1v) is 5.80. The zero-order valence-electron chi connectivity index (χ0n) is 10.0. The Morgan fingerprint density at radius 1 is 1.38 bits per heavy atom. The van der Waals surface area contributed by atoms with Crippen LogP contribution in [0.1, 0.15) is 26.7 Å². The Labute approximate surface area is 96.4 Å². The number of hydrogen-bond donors (Lipinski definition) is 2. The van der Waals surface area contributed by atoms with Crippen LogP contribution in [0.4, 0.5) is 0 Å². The highest BCUT2D eigenvalue weighted by atomic mass is 16.2. The molecule has 1 saturated heterocycles. The van der Waals surface area contributed by atoms with Crippen molar-refractivity contribution >= 4 is 11.8 Å². The monoisotopic (exact) mass is 227 g/mol. The lowest BCUT2D eigenvalue weighted by Crippen LogP contribution is -2.47. The van der Waals surface area contributed by atoms with Crippen molar-refractivity contribution in [3.8, 4) is 0 Å². The van der Waals surface area contributed by atoms with Crippen molar-refractivity contribution < 1.29 is 9.59 Å². The average Bonchev–Trinajstić information content (AvgIpc) is 2.20. The molecule has 0 aliphatic carbocycles. The summed E-state index contributed by atoms with van der Waals surface area (Å²) in [4.78, 5) is 24.2. The minimum Gasteiger partial charge on any atom is -0.369 e. The molecule has 0 aromatic heterocycles. The van der Waals surface area contributed by atoms with Gasteiger partial charge in [0.2, 0.25) is 11.8 Å². The van der Waals surface area contributed by atoms with Crippen molar-refractivity contribution in [1.29, 1.82) is 0 Å². The Hall–Kier alpha value is -1.10. The number of carbonyl (C=O) groups excluding carboxylic acids is 2. The number of nitrogens with zero attached hydrogens (tertiary/aromatic N) is 1. The smallest absolute Gasteiger partial charge is 0.231 e. The molecule has 0 spiro atoms. The third-order valence-electron chi connectivity index (χ3n) is 2.84. The minimum atomic E-state index is -0.287. The fourth-order valence-corrected chi connectivity index (χ4v) is 1.82. The molecule has 92 valence electrons. The molecular formula is C11H21N3O2. The first-order valence-electron chi connectivity index (χ1n) is 5.80. The molecule has 16 heavy (non-hydrogen) atoms. The number of nitrogens with one attached hydrogen (secondary N) is 1. The van der Waals surface area contributed by atoms with Crippen molar-refractivity contribution in [3.05, 3.63) is 0 Å². The average molecular weight is 227 g/mol. The first-order chi connectivity index (χ1) is 7.49. The summed E-state index contributed by atoms with van der Waals surface area (Å²) >= 11 is 0. The number of likely N-dealkylation sites (tertiary alicyclic amines) is 1. The van der Waals surface area contributed by atoms with Crippen molar-refractivity contribution in [3.63, 3.8) is 0 Å². The molecule has 0 unspecified atom stereocenters. The molecule has 1 aliphatic rings. The van der Waals surface area contributed by atoms with E-state index in [1.54, 1.807) is 0 Å². The summed E-state index contributed by atoms with van der Waals surface area (Å²) in [5.74, 6) is -0.151. The minimum absolute atomic E-state index is 0.0312. The predicted octanol–water partition coefficient (Wildman–Crippen LogP) is -0.292. The fourth-order valence-electron chi connectivity index (χ4n) is 1.82. The molecule has 0 bridgehead atoms. The number of primary amides is 1. The standard InChI is InChI=1S/C11H21N3O2/c1-8(2)11(16)13-9-3-5-14(6-4-9)7-10(12)15/h8-9H,3-7H2,1-2H3,(H2,12,15)(H,13,16). The van der Waals surface area contributed by atoms with E-state index in [-0.39, 0.29) is 23.8 Å². The van der Waals surface area contributed by atoms with Gasteiger partial charge in [-0.15, -0.1) is 0 Å². The summed E-state index contributed by atoms with van der Waals surface area (Å²) in [6.45, 7) is 5.75. The van der Waals surface area contributed by atoms with Crippen LogP contribution in [0.5, 0.6) is 0 Å². The quantitative estimate of drug-likeness (QED) is 0.693. The number of hydrogen-bond acceptors (Lipinski definition) is 3. The molecule has 0 aromatic rings. The SMILES string of the molecule is CC(C)C(=O)NC1CCN(CC(N)=O)CC1. The van der Waals surface area contributed by atoms with E-state index in [9.17, 15) is 9.59 Å². The highest BCUT2D eigenvalue weighted by Gasteiger charge is 2.21. The lowest BCUT2D eigenvalue weighted by molar-refractivity contribution is -0.125. The van der Waals surface area contributed by atoms with Gasteiger partial charge in [-0.25, -0.2) is 0 Å². The number of rotatable bonds is 4. The molecule has 1 aliphatic heterocycles. The summed E-state index contributed by atoms with van der Waals surface area (Å²) in [7, 11) is 0. The zero-order chi connectivity index (χ0) is 12.1. The van der Waals surface area contributed by atoms with Crippen molar-refractivity contribution in [2.24, 2.45) is 11.7 Å². The topological polar surface area (TPSA) is 75.4 Å². The zero-order valence-corrected chi connectivity index (χ0v) is 10.0. The van der Waals surface area contributed by atoms with Crippen molar-refractivity contribution in [1.82, 2.24) is 10.2 Å². The third kappa shape index (κ3) is 4.18. The van der Waals surface area contributed by atoms with Gasteiger partial charge in [0.15, 0.2) is 0 Å². The van der Waals surface area contributed by atoms with Crippen LogP contribution in [0.2, 0.25) is 0 Å². The van der Waals surface area contributed by atoms with Gasteiger partial charge in [0.05, 0.1) is 6.54 Å². The number of amides is 2. The normalized spacial score (nSPS) is 18.7. The van der Waals surface area contributed by atoms with Crippen molar-refractivity contribution in [2.75, 3.05) is 19.6 Å². The molecular weight excluding hydrogens is 206 g/mol. The first kappa shape index (κ1) is 13.0. The lowest BCUT2D eigenvalue weighted by atomic mass is 10.0. The second-order valence-electron chi connectivity index (χ2n) is 4.68. The number of piperidine rings is 1. The van der Waals surface area contributed by atoms with Crippen LogP contribution < -0.4 is 11.1 Å². The van der Waals surface area contributed by atoms with Gasteiger partial charge in [-0.3, -0.25) is 14.5 Å². The molecule has 0 aromatic carbocycles. The highest BCUT2D eigenvalue weighted by molar-refractivity contribution is 5.78. The van der Waals surface area contributed by atoms with E-state index in [0.29, 0.717) is 6.54 Å². The van der Waals surface area contributed by atoms with Crippen LogP contribution in [0.15, 0.2) is 0 Å². The molecule has 3 N–H and O–H groups in total. The van der Waals surface area contributed by atoms with Gasteiger partial charge in [-0.05, 0) is 12.8 Å². The molecule has 0 radical (unpaired) electrons. The van der Waals surface area contributed by atoms with Gasteiger partial charge < -0.3 is 11.1 Å². The van der Waals surface area contributed by atoms with E-state index in [0.717, 1.165) is 25.9 Å². The van der Waals surface area contributed by atoms with E-state index < -0.39 is 0 Å². The third-order valence-corrected chi connectivity index (χ3v) is 2.84. The van der Waals surface area contributed by atoms with E-state index in [1.807, 2.05) is 18.7 Å². The summed E-state index contributed by atoms with van der Waals surface area (Å²) in [6, 6.07) is 0.249. The number of nitrogens with two attached hydrogens (primary N) is 1. The van der Waals surface area contributed by atoms with Gasteiger partial charge in [0, 0.05) is 25.0 Å². The van der Waals surface area contributed by atoms with Crippen LogP contribution in [-0.2, 0) is 9.59 Å². The molecule has 1 fully saturated rings. The molecule has 1 rings (SSSR count). The Bertz CT molecular complexity index is 258. The molecule has 5 nitrogen and oxygen atoms in total. The van der Waals surface area contributed by atoms with Crippen LogP contribution in [0, 0.1) is 5.92 Å². The summed E-state index contributed by atoms with van der Waals surface area (Å²) in [5, 5.41) is 3.01. The second kappa shape index (κ2) is 5.84. The molecule has 0 atom stereocenters. The van der Waals surface area contributed by atoms with E-state index >= 15 is 0 Å². The molecule has 1 heterocycles. The number of carbonyl (C=O) groups is 2. The van der Waals surface area contributed by atoms with Gasteiger partial charge in [0.25, 0.3) is 0 Å². The van der Waals surface area contributed by atoms with E-state index in [4.69, 9.17) is 5.73 Å². The van der Waals surface area contributed by atoms with E-state index in [1.165, 1.54) is 0 Å². The largest absolute Gasteiger partial charge is 0.369 e. The van der Waals surface area contributed by atoms with E-state index in [2.05, 4.69) is 5.32 Å². The maximum absolute atomic E-state index is 11.5. The van der Waals surface area contributed by atoms with Crippen molar-refractivity contribution in [2.45, 2.75) is 32.7 Å². The fraction of sp³-hybridized carbons (Fsp3) is 0.818. The summed E-state index contributed by atoms with van der Waals surface area (Å²) in [5.41, 5.74) is 5.13.